The smallest absolute Gasteiger partial charge is 0.270 e. The fourth-order valence-corrected chi connectivity index (χ4v) is 4.95. The number of thiocarbonyl (C=S) groups is 1. The largest absolute Gasteiger partial charge is 0.457 e. The van der Waals surface area contributed by atoms with Crippen LogP contribution >= 0.6 is 58.9 Å². The standard InChI is InChI=1S/C21H13Cl2NO2S3/c1-28-15-4-2-3-13(10-15)24-20(25)19(29-21(24)27)11-14-6-8-18(26-14)16-9-12(22)5-7-17(16)23/h2-11H,1H3/b19-11+. The summed E-state index contributed by atoms with van der Waals surface area (Å²) in [6.07, 6.45) is 3.68. The lowest BCUT2D eigenvalue weighted by atomic mass is 10.2. The van der Waals surface area contributed by atoms with Crippen LogP contribution in [-0.4, -0.2) is 16.5 Å². The lowest BCUT2D eigenvalue weighted by Gasteiger charge is -2.15. The molecule has 4 rings (SSSR count). The van der Waals surface area contributed by atoms with Crippen LogP contribution in [0.15, 0.2) is 68.8 Å². The van der Waals surface area contributed by atoms with Crippen molar-refractivity contribution in [3.8, 4) is 11.3 Å². The van der Waals surface area contributed by atoms with Crippen molar-refractivity contribution in [1.82, 2.24) is 0 Å². The molecule has 146 valence electrons. The summed E-state index contributed by atoms with van der Waals surface area (Å²) in [4.78, 5) is 16.1. The zero-order chi connectivity index (χ0) is 20.5. The molecule has 0 saturated carbocycles. The Morgan fingerprint density at radius 1 is 1.14 bits per heavy atom. The van der Waals surface area contributed by atoms with Gasteiger partial charge in [-0.15, -0.1) is 11.8 Å². The average Bonchev–Trinajstić information content (AvgIpc) is 3.28. The maximum absolute atomic E-state index is 13.0. The molecule has 0 atom stereocenters. The number of carbonyl (C=O) groups is 1. The first-order valence-electron chi connectivity index (χ1n) is 8.43. The summed E-state index contributed by atoms with van der Waals surface area (Å²) >= 11 is 20.6. The first-order chi connectivity index (χ1) is 14.0. The quantitative estimate of drug-likeness (QED) is 0.222. The molecule has 3 nitrogen and oxygen atoms in total. The van der Waals surface area contributed by atoms with Crippen LogP contribution in [0.4, 0.5) is 5.69 Å². The second-order valence-electron chi connectivity index (χ2n) is 6.04. The molecule has 1 saturated heterocycles. The number of anilines is 1. The van der Waals surface area contributed by atoms with Crippen molar-refractivity contribution < 1.29 is 9.21 Å². The first-order valence-corrected chi connectivity index (χ1v) is 11.6. The molecule has 0 bridgehead atoms. The highest BCUT2D eigenvalue weighted by Crippen LogP contribution is 2.38. The predicted octanol–water partition coefficient (Wildman–Crippen LogP) is 7.38. The van der Waals surface area contributed by atoms with Gasteiger partial charge in [-0.25, -0.2) is 0 Å². The van der Waals surface area contributed by atoms with Gasteiger partial charge in [0.2, 0.25) is 0 Å². The van der Waals surface area contributed by atoms with Crippen LogP contribution in [0.2, 0.25) is 10.0 Å². The van der Waals surface area contributed by atoms with Gasteiger partial charge in [-0.1, -0.05) is 53.2 Å². The van der Waals surface area contributed by atoms with Crippen molar-refractivity contribution in [3.63, 3.8) is 0 Å². The molecule has 1 amide bonds. The van der Waals surface area contributed by atoms with E-state index in [0.29, 0.717) is 36.4 Å². The van der Waals surface area contributed by atoms with Crippen molar-refractivity contribution in [1.29, 1.82) is 0 Å². The Kier molecular flexibility index (Phi) is 6.08. The van der Waals surface area contributed by atoms with E-state index in [9.17, 15) is 4.79 Å². The fourth-order valence-electron chi connectivity index (χ4n) is 2.83. The van der Waals surface area contributed by atoms with Crippen LogP contribution in [0, 0.1) is 0 Å². The Labute approximate surface area is 192 Å². The number of halogens is 2. The van der Waals surface area contributed by atoms with E-state index in [-0.39, 0.29) is 5.91 Å². The minimum absolute atomic E-state index is 0.169. The Morgan fingerprint density at radius 3 is 2.76 bits per heavy atom. The van der Waals surface area contributed by atoms with Crippen molar-refractivity contribution in [2.24, 2.45) is 0 Å². The molecule has 0 unspecified atom stereocenters. The highest BCUT2D eigenvalue weighted by molar-refractivity contribution is 8.27. The van der Waals surface area contributed by atoms with Crippen LogP contribution in [-0.2, 0) is 4.79 Å². The Balaban J connectivity index is 1.63. The molecule has 1 aromatic heterocycles. The zero-order valence-electron chi connectivity index (χ0n) is 15.0. The lowest BCUT2D eigenvalue weighted by Crippen LogP contribution is -2.27. The highest BCUT2D eigenvalue weighted by atomic mass is 35.5. The van der Waals surface area contributed by atoms with E-state index >= 15 is 0 Å². The number of amides is 1. The van der Waals surface area contributed by atoms with Gasteiger partial charge in [0, 0.05) is 21.6 Å². The Bertz CT molecular complexity index is 1160. The number of nitrogens with zero attached hydrogens (tertiary/aromatic N) is 1. The number of benzene rings is 2. The summed E-state index contributed by atoms with van der Waals surface area (Å²) in [6, 6.07) is 16.5. The number of carbonyl (C=O) groups excluding carboxylic acids is 1. The Morgan fingerprint density at radius 2 is 1.97 bits per heavy atom. The normalized spacial score (nSPS) is 15.6. The van der Waals surface area contributed by atoms with Gasteiger partial charge in [0.15, 0.2) is 4.32 Å². The topological polar surface area (TPSA) is 33.5 Å². The summed E-state index contributed by atoms with van der Waals surface area (Å²) < 4.78 is 6.37. The molecular weight excluding hydrogens is 465 g/mol. The molecule has 0 spiro atoms. The molecule has 0 radical (unpaired) electrons. The highest BCUT2D eigenvalue weighted by Gasteiger charge is 2.33. The van der Waals surface area contributed by atoms with Crippen LogP contribution in [0.25, 0.3) is 17.4 Å². The summed E-state index contributed by atoms with van der Waals surface area (Å²) in [7, 11) is 0. The van der Waals surface area contributed by atoms with Gasteiger partial charge in [0.1, 0.15) is 11.5 Å². The summed E-state index contributed by atoms with van der Waals surface area (Å²) in [6.45, 7) is 0. The van der Waals surface area contributed by atoms with Crippen molar-refractivity contribution in [2.75, 3.05) is 11.2 Å². The van der Waals surface area contributed by atoms with Gasteiger partial charge in [-0.05, 0) is 54.8 Å². The maximum atomic E-state index is 13.0. The van der Waals surface area contributed by atoms with Gasteiger partial charge in [0.25, 0.3) is 5.91 Å². The van der Waals surface area contributed by atoms with Gasteiger partial charge < -0.3 is 4.42 Å². The van der Waals surface area contributed by atoms with Crippen LogP contribution in [0.1, 0.15) is 5.76 Å². The minimum Gasteiger partial charge on any atom is -0.457 e. The SMILES string of the molecule is CSc1cccc(N2C(=O)/C(=C\c3ccc(-c4cc(Cl)ccc4Cl)o3)SC2=S)c1. The summed E-state index contributed by atoms with van der Waals surface area (Å²) in [5, 5.41) is 1.10. The van der Waals surface area contributed by atoms with E-state index in [1.165, 1.54) is 11.8 Å². The molecule has 0 aliphatic carbocycles. The minimum atomic E-state index is -0.169. The third-order valence-corrected chi connectivity index (χ3v) is 6.79. The van der Waals surface area contributed by atoms with Crippen LogP contribution < -0.4 is 4.90 Å². The number of furan rings is 1. The van der Waals surface area contributed by atoms with E-state index in [1.54, 1.807) is 53.1 Å². The number of thioether (sulfide) groups is 2. The molecule has 1 aliphatic rings. The fraction of sp³-hybridized carbons (Fsp3) is 0.0476. The monoisotopic (exact) mass is 477 g/mol. The number of hydrogen-bond donors (Lipinski definition) is 0. The third kappa shape index (κ3) is 4.27. The van der Waals surface area contributed by atoms with Crippen LogP contribution in [0.3, 0.4) is 0 Å². The van der Waals surface area contributed by atoms with Gasteiger partial charge in [-0.3, -0.25) is 9.69 Å². The van der Waals surface area contributed by atoms with Crippen LogP contribution in [0.5, 0.6) is 0 Å². The van der Waals surface area contributed by atoms with Gasteiger partial charge in [-0.2, -0.15) is 0 Å². The van der Waals surface area contributed by atoms with Crippen molar-refractivity contribution in [3.05, 3.63) is 75.3 Å². The molecule has 2 heterocycles. The van der Waals surface area contributed by atoms with E-state index in [1.807, 2.05) is 30.5 Å². The van der Waals surface area contributed by atoms with E-state index in [4.69, 9.17) is 39.8 Å². The Hall–Kier alpha value is -1.70. The molecule has 3 aromatic rings. The van der Waals surface area contributed by atoms with E-state index < -0.39 is 0 Å². The second kappa shape index (κ2) is 8.58. The lowest BCUT2D eigenvalue weighted by molar-refractivity contribution is -0.113. The molecule has 2 aromatic carbocycles. The van der Waals surface area contributed by atoms with Gasteiger partial charge >= 0.3 is 0 Å². The molecule has 0 N–H and O–H groups in total. The average molecular weight is 478 g/mol. The molecule has 8 heteroatoms. The molecule has 1 fully saturated rings. The predicted molar refractivity (Wildman–Crippen MR) is 128 cm³/mol. The second-order valence-corrected chi connectivity index (χ2v) is 9.44. The third-order valence-electron chi connectivity index (χ3n) is 4.20. The van der Waals surface area contributed by atoms with E-state index in [0.717, 1.165) is 10.6 Å². The summed E-state index contributed by atoms with van der Waals surface area (Å²) in [5.41, 5.74) is 1.45. The summed E-state index contributed by atoms with van der Waals surface area (Å²) in [5.74, 6) is 0.943. The van der Waals surface area contributed by atoms with Gasteiger partial charge in [0.05, 0.1) is 15.6 Å². The van der Waals surface area contributed by atoms with Crippen molar-refractivity contribution >= 4 is 80.9 Å². The number of hydrogen-bond acceptors (Lipinski definition) is 5. The molecule has 1 aliphatic heterocycles. The maximum Gasteiger partial charge on any atom is 0.270 e. The van der Waals surface area contributed by atoms with E-state index in [2.05, 4.69) is 0 Å². The first kappa shape index (κ1) is 20.6. The number of rotatable bonds is 4. The zero-order valence-corrected chi connectivity index (χ0v) is 19.0. The molecular formula is C21H13Cl2NO2S3. The van der Waals surface area contributed by atoms with Crippen molar-refractivity contribution in [2.45, 2.75) is 4.90 Å². The molecule has 29 heavy (non-hydrogen) atoms.